The lowest BCUT2D eigenvalue weighted by Gasteiger charge is -2.09. The number of nitrogens with one attached hydrogen (secondary N) is 1. The van der Waals surface area contributed by atoms with Crippen LogP contribution in [-0.2, 0) is 6.42 Å². The molecule has 0 aliphatic carbocycles. The summed E-state index contributed by atoms with van der Waals surface area (Å²) in [6.07, 6.45) is 1.53. The van der Waals surface area contributed by atoms with Gasteiger partial charge in [-0.1, -0.05) is 18.2 Å². The Bertz CT molecular complexity index is 258. The maximum atomic E-state index is 9.16. The molecule has 1 aromatic rings. The summed E-state index contributed by atoms with van der Waals surface area (Å²) in [4.78, 5) is 0. The Balaban J connectivity index is 2.64. The van der Waals surface area contributed by atoms with Crippen LogP contribution in [0.2, 0.25) is 0 Å². The molecule has 13 heavy (non-hydrogen) atoms. The van der Waals surface area contributed by atoms with E-state index in [0.29, 0.717) is 0 Å². The van der Waals surface area contributed by atoms with Crippen LogP contribution in [0, 0.1) is 0 Å². The molecule has 1 rings (SSSR count). The number of benzene rings is 1. The lowest BCUT2D eigenvalue weighted by molar-refractivity contribution is 0.185. The highest BCUT2D eigenvalue weighted by atomic mass is 16.3. The molecule has 2 heteroatoms. The first kappa shape index (κ1) is 10.1. The van der Waals surface area contributed by atoms with Crippen molar-refractivity contribution in [3.8, 4) is 0 Å². The molecule has 1 aromatic carbocycles. The van der Waals surface area contributed by atoms with Crippen LogP contribution in [0.4, 0.5) is 5.69 Å². The number of aliphatic hydroxyl groups is 1. The molecule has 2 N–H and O–H groups in total. The van der Waals surface area contributed by atoms with Crippen LogP contribution in [0.5, 0.6) is 0 Å². The predicted molar refractivity (Wildman–Crippen MR) is 56.0 cm³/mol. The molecule has 0 aromatic heterocycles. The van der Waals surface area contributed by atoms with E-state index in [1.807, 2.05) is 26.1 Å². The molecule has 2 nitrogen and oxygen atoms in total. The summed E-state index contributed by atoms with van der Waals surface area (Å²) in [6, 6.07) is 8.18. The van der Waals surface area contributed by atoms with E-state index in [1.54, 1.807) is 0 Å². The summed E-state index contributed by atoms with van der Waals surface area (Å²) in [5.74, 6) is 0. The highest BCUT2D eigenvalue weighted by Crippen LogP contribution is 2.16. The van der Waals surface area contributed by atoms with E-state index < -0.39 is 0 Å². The number of aryl methyl sites for hydroxylation is 1. The zero-order valence-corrected chi connectivity index (χ0v) is 8.25. The summed E-state index contributed by atoms with van der Waals surface area (Å²) in [7, 11) is 1.92. The van der Waals surface area contributed by atoms with E-state index in [9.17, 15) is 0 Å². The number of hydrogen-bond acceptors (Lipinski definition) is 2. The average molecular weight is 179 g/mol. The molecule has 0 aliphatic rings. The molecule has 1 atom stereocenters. The van der Waals surface area contributed by atoms with Gasteiger partial charge in [0.05, 0.1) is 6.10 Å². The van der Waals surface area contributed by atoms with Crippen molar-refractivity contribution in [2.75, 3.05) is 12.4 Å². The third-order valence-electron chi connectivity index (χ3n) is 2.12. The van der Waals surface area contributed by atoms with Crippen LogP contribution in [0.15, 0.2) is 24.3 Å². The Morgan fingerprint density at radius 1 is 1.38 bits per heavy atom. The highest BCUT2D eigenvalue weighted by molar-refractivity contribution is 5.50. The summed E-state index contributed by atoms with van der Waals surface area (Å²) in [5, 5.41) is 12.3. The Hall–Kier alpha value is -1.02. The van der Waals surface area contributed by atoms with Gasteiger partial charge in [0.15, 0.2) is 0 Å². The molecule has 0 bridgehead atoms. The summed E-state index contributed by atoms with van der Waals surface area (Å²) in [5.41, 5.74) is 2.43. The lowest BCUT2D eigenvalue weighted by atomic mass is 10.1. The van der Waals surface area contributed by atoms with Crippen molar-refractivity contribution in [3.63, 3.8) is 0 Å². The van der Waals surface area contributed by atoms with Crippen LogP contribution in [0.3, 0.4) is 0 Å². The van der Waals surface area contributed by atoms with Gasteiger partial charge in [-0.05, 0) is 31.4 Å². The third-order valence-corrected chi connectivity index (χ3v) is 2.12. The van der Waals surface area contributed by atoms with Crippen molar-refractivity contribution < 1.29 is 5.11 Å². The maximum Gasteiger partial charge on any atom is 0.0515 e. The first-order chi connectivity index (χ1) is 6.24. The third kappa shape index (κ3) is 3.07. The van der Waals surface area contributed by atoms with Crippen LogP contribution in [-0.4, -0.2) is 18.3 Å². The van der Waals surface area contributed by atoms with Gasteiger partial charge in [-0.25, -0.2) is 0 Å². The van der Waals surface area contributed by atoms with E-state index >= 15 is 0 Å². The predicted octanol–water partition coefficient (Wildman–Crippen LogP) is 2.04. The van der Waals surface area contributed by atoms with Crippen molar-refractivity contribution in [3.05, 3.63) is 29.8 Å². The van der Waals surface area contributed by atoms with E-state index in [0.717, 1.165) is 18.5 Å². The Morgan fingerprint density at radius 2 is 2.08 bits per heavy atom. The topological polar surface area (TPSA) is 32.3 Å². The highest BCUT2D eigenvalue weighted by Gasteiger charge is 2.01. The van der Waals surface area contributed by atoms with Crippen molar-refractivity contribution in [1.82, 2.24) is 0 Å². The van der Waals surface area contributed by atoms with Crippen molar-refractivity contribution in [2.24, 2.45) is 0 Å². The molecule has 0 heterocycles. The minimum atomic E-state index is -0.218. The Labute approximate surface area is 79.6 Å². The van der Waals surface area contributed by atoms with Crippen molar-refractivity contribution in [1.29, 1.82) is 0 Å². The molecule has 72 valence electrons. The summed E-state index contributed by atoms with van der Waals surface area (Å²) < 4.78 is 0. The molecule has 0 saturated heterocycles. The van der Waals surface area contributed by atoms with Gasteiger partial charge in [0.1, 0.15) is 0 Å². The zero-order valence-electron chi connectivity index (χ0n) is 8.25. The maximum absolute atomic E-state index is 9.16. The van der Waals surface area contributed by atoms with Gasteiger partial charge in [-0.3, -0.25) is 0 Å². The minimum absolute atomic E-state index is 0.218. The molecule has 0 radical (unpaired) electrons. The second kappa shape index (κ2) is 4.87. The monoisotopic (exact) mass is 179 g/mol. The number of anilines is 1. The number of aliphatic hydroxyl groups excluding tert-OH is 1. The molecule has 0 amide bonds. The minimum Gasteiger partial charge on any atom is -0.393 e. The normalized spacial score (nSPS) is 12.5. The molecule has 0 fully saturated rings. The van der Waals surface area contributed by atoms with Gasteiger partial charge in [-0.2, -0.15) is 0 Å². The summed E-state index contributed by atoms with van der Waals surface area (Å²) in [6.45, 7) is 1.82. The smallest absolute Gasteiger partial charge is 0.0515 e. The SMILES string of the molecule is CNc1ccccc1CCC(C)O. The fourth-order valence-corrected chi connectivity index (χ4v) is 1.35. The van der Waals surface area contributed by atoms with Crippen molar-refractivity contribution >= 4 is 5.69 Å². The van der Waals surface area contributed by atoms with E-state index in [4.69, 9.17) is 5.11 Å². The molecule has 0 aliphatic heterocycles. The molecular weight excluding hydrogens is 162 g/mol. The zero-order chi connectivity index (χ0) is 9.68. The molecule has 1 unspecified atom stereocenters. The molecule has 0 spiro atoms. The lowest BCUT2D eigenvalue weighted by Crippen LogP contribution is -2.03. The van der Waals surface area contributed by atoms with Gasteiger partial charge in [0.2, 0.25) is 0 Å². The number of para-hydroxylation sites is 1. The Morgan fingerprint density at radius 3 is 2.69 bits per heavy atom. The fourth-order valence-electron chi connectivity index (χ4n) is 1.35. The van der Waals surface area contributed by atoms with Crippen LogP contribution in [0.1, 0.15) is 18.9 Å². The van der Waals surface area contributed by atoms with Gasteiger partial charge < -0.3 is 10.4 Å². The van der Waals surface area contributed by atoms with E-state index in [1.165, 1.54) is 5.56 Å². The average Bonchev–Trinajstić information content (AvgIpc) is 2.15. The van der Waals surface area contributed by atoms with Gasteiger partial charge >= 0.3 is 0 Å². The van der Waals surface area contributed by atoms with E-state index in [2.05, 4.69) is 17.4 Å². The van der Waals surface area contributed by atoms with E-state index in [-0.39, 0.29) is 6.10 Å². The standard InChI is InChI=1S/C11H17NO/c1-9(13)7-8-10-5-3-4-6-11(10)12-2/h3-6,9,12-13H,7-8H2,1-2H3. The van der Waals surface area contributed by atoms with Crippen LogP contribution in [0.25, 0.3) is 0 Å². The molecular formula is C11H17NO. The van der Waals surface area contributed by atoms with Gasteiger partial charge in [-0.15, -0.1) is 0 Å². The second-order valence-electron chi connectivity index (χ2n) is 3.29. The van der Waals surface area contributed by atoms with Crippen LogP contribution < -0.4 is 5.32 Å². The fraction of sp³-hybridized carbons (Fsp3) is 0.455. The van der Waals surface area contributed by atoms with Gasteiger partial charge in [0.25, 0.3) is 0 Å². The second-order valence-corrected chi connectivity index (χ2v) is 3.29. The number of hydrogen-bond donors (Lipinski definition) is 2. The first-order valence-corrected chi connectivity index (χ1v) is 4.67. The van der Waals surface area contributed by atoms with Gasteiger partial charge in [0, 0.05) is 12.7 Å². The Kier molecular flexibility index (Phi) is 3.77. The largest absolute Gasteiger partial charge is 0.393 e. The quantitative estimate of drug-likeness (QED) is 0.741. The number of rotatable bonds is 4. The van der Waals surface area contributed by atoms with Crippen molar-refractivity contribution in [2.45, 2.75) is 25.9 Å². The van der Waals surface area contributed by atoms with Crippen LogP contribution >= 0.6 is 0 Å². The first-order valence-electron chi connectivity index (χ1n) is 4.67. The molecule has 0 saturated carbocycles. The summed E-state index contributed by atoms with van der Waals surface area (Å²) >= 11 is 0.